The molecule has 1 aromatic heterocycles. The Bertz CT molecular complexity index is 3080. The Morgan fingerprint density at radius 3 is 1.62 bits per heavy atom. The van der Waals surface area contributed by atoms with Gasteiger partial charge >= 0.3 is 0 Å². The van der Waals surface area contributed by atoms with E-state index in [1.165, 1.54) is 76.0 Å². The van der Waals surface area contributed by atoms with Crippen molar-refractivity contribution in [2.75, 3.05) is 45.2 Å². The third-order valence-corrected chi connectivity index (χ3v) is 19.9. The van der Waals surface area contributed by atoms with Gasteiger partial charge in [-0.3, -0.25) is 57.9 Å². The molecule has 0 bridgehead atoms. The summed E-state index contributed by atoms with van der Waals surface area (Å²) in [6.45, 7) is 12.8. The number of rotatable bonds is 58. The minimum atomic E-state index is -1.02. The molecule has 1 heterocycles. The van der Waals surface area contributed by atoms with Crippen LogP contribution in [0.5, 0.6) is 0 Å². The summed E-state index contributed by atoms with van der Waals surface area (Å²) < 4.78 is 0. The second-order valence-electron chi connectivity index (χ2n) is 28.5. The van der Waals surface area contributed by atoms with Crippen LogP contribution in [0.15, 0.2) is 70.8 Å². The molecule has 9 atom stereocenters. The molecule has 0 saturated carbocycles. The number of aliphatic imine (C=N–C) groups is 2. The number of nitrogens with one attached hydrogen (secondary N) is 6. The number of Topliss-reactive ketones (excluding diaryl/α,β-unsaturated/α-hetero) is 4. The summed E-state index contributed by atoms with van der Waals surface area (Å²) in [5.74, 6) is -5.59. The van der Waals surface area contributed by atoms with Crippen molar-refractivity contribution < 1.29 is 47.9 Å². The van der Waals surface area contributed by atoms with Gasteiger partial charge in [0.15, 0.2) is 29.3 Å². The number of aromatic nitrogens is 1. The van der Waals surface area contributed by atoms with E-state index in [1.807, 2.05) is 102 Å². The average molecular weight is 1470 g/mol. The second-order valence-corrected chi connectivity index (χ2v) is 29.5. The molecular weight excluding hydrogens is 1340 g/mol. The molecule has 0 aliphatic rings. The van der Waals surface area contributed by atoms with E-state index in [1.54, 1.807) is 7.05 Å². The molecule has 0 radical (unpaired) electrons. The first kappa shape index (κ1) is 92.4. The van der Waals surface area contributed by atoms with E-state index in [4.69, 9.17) is 34.4 Å². The number of H-pyrrole nitrogens is 1. The van der Waals surface area contributed by atoms with E-state index in [0.29, 0.717) is 96.0 Å². The molecule has 0 aliphatic carbocycles. The quantitative estimate of drug-likeness (QED) is 0.0142. The van der Waals surface area contributed by atoms with E-state index >= 15 is 0 Å². The predicted octanol–water partition coefficient (Wildman–Crippen LogP) is 9.24. The normalized spacial score (nSPS) is 13.8. The molecule has 25 heteroatoms. The number of amides is 6. The van der Waals surface area contributed by atoms with Crippen molar-refractivity contribution in [3.05, 3.63) is 71.9 Å². The van der Waals surface area contributed by atoms with Gasteiger partial charge in [0.2, 0.25) is 35.4 Å². The number of benzene rings is 2. The number of nitrogens with two attached hydrogens (primary N) is 6. The minimum absolute atomic E-state index is 0.00288. The van der Waals surface area contributed by atoms with Crippen molar-refractivity contribution in [2.24, 2.45) is 85.8 Å². The van der Waals surface area contributed by atoms with E-state index in [9.17, 15) is 47.9 Å². The van der Waals surface area contributed by atoms with Gasteiger partial charge in [0.25, 0.3) is 0 Å². The molecular formula is C79H132N14O10S. The first-order valence-corrected chi connectivity index (χ1v) is 39.9. The summed E-state index contributed by atoms with van der Waals surface area (Å²) >= 11 is 1.53. The van der Waals surface area contributed by atoms with Crippen LogP contribution in [0.2, 0.25) is 0 Å². The lowest BCUT2D eigenvalue weighted by Gasteiger charge is -2.26. The zero-order valence-corrected chi connectivity index (χ0v) is 65.0. The molecule has 584 valence electrons. The van der Waals surface area contributed by atoms with Crippen molar-refractivity contribution in [3.63, 3.8) is 0 Å². The molecule has 0 spiro atoms. The van der Waals surface area contributed by atoms with Crippen LogP contribution in [0.25, 0.3) is 10.9 Å². The van der Waals surface area contributed by atoms with Crippen LogP contribution < -0.4 is 61.0 Å². The van der Waals surface area contributed by atoms with Gasteiger partial charge in [-0.05, 0) is 112 Å². The highest BCUT2D eigenvalue weighted by Gasteiger charge is 2.35. The number of para-hydroxylation sites is 1. The molecule has 0 fully saturated rings. The summed E-state index contributed by atoms with van der Waals surface area (Å²) in [5, 5.41) is 14.9. The average Bonchev–Trinajstić information content (AvgIpc) is 1.62. The van der Waals surface area contributed by atoms with Crippen LogP contribution >= 0.6 is 11.8 Å². The molecule has 18 N–H and O–H groups in total. The summed E-state index contributed by atoms with van der Waals surface area (Å²) in [4.78, 5) is 145. The zero-order valence-electron chi connectivity index (χ0n) is 64.1. The van der Waals surface area contributed by atoms with Crippen LogP contribution in [0, 0.1) is 41.4 Å². The fraction of sp³-hybridized carbons (Fsp3) is 0.671. The fourth-order valence-corrected chi connectivity index (χ4v) is 13.3. The number of aromatic amines is 1. The number of ketones is 4. The highest BCUT2D eigenvalue weighted by molar-refractivity contribution is 7.98. The largest absolute Gasteiger partial charge is 0.370 e. The van der Waals surface area contributed by atoms with Crippen LogP contribution in [0.3, 0.4) is 0 Å². The number of fused-ring (bicyclic) bond motifs is 1. The molecule has 6 amide bonds. The van der Waals surface area contributed by atoms with Crippen LogP contribution in [-0.4, -0.2) is 139 Å². The first-order chi connectivity index (χ1) is 49.8. The Hall–Kier alpha value is -7.67. The standard InChI is InChI=1S/C47H70N8O6S.C32H62N6O4/c1-5-30(2)37(44(49)59)28-43(58)39(24-32-15-7-6-8-16-32)54-46(61)34(20-23-62-4)27-42(57)40(25-35-29-53-38-19-10-9-18-36(35)38)55-45(60)33(17-11-12-21-48)26-41(56)31(3)14-13-22-52-47(50)51;1-5-6-7-8-9-10-11-12-13-14-15-16-17-20-29(40)37-24-30(41)38-27(19-18-21-36-32(33)34)28(39)23-26(22-25(2)3)31(42)35-4/h6-10,15-16,18-19,29-31,33-34,37,39-40,53H,5,11-14,17,20-28,48H2,1-4H3,(H2,49,59)(H,54,61)(H,55,60)(H4,50,51,52);25-27H,5-24H2,1-4H3,(H,35,42)(H,37,40)(H,38,41)(H4,33,34,36)/t30-,31-,33+,34+,37-,39-,40-;26-,27+/m01/s1. The number of nitrogens with zero attached hydrogens (tertiary/aromatic N) is 2. The molecule has 3 aromatic rings. The topological polar surface area (TPSA) is 427 Å². The maximum absolute atomic E-state index is 14.6. The van der Waals surface area contributed by atoms with Crippen molar-refractivity contribution in [1.82, 2.24) is 31.6 Å². The Labute approximate surface area is 624 Å². The highest BCUT2D eigenvalue weighted by atomic mass is 32.2. The van der Waals surface area contributed by atoms with E-state index < -0.39 is 65.4 Å². The molecule has 24 nitrogen and oxygen atoms in total. The molecule has 0 saturated heterocycles. The van der Waals surface area contributed by atoms with Gasteiger partial charge in [-0.2, -0.15) is 11.8 Å². The number of hydrogen-bond acceptors (Lipinski definition) is 14. The lowest BCUT2D eigenvalue weighted by molar-refractivity contribution is -0.135. The summed E-state index contributed by atoms with van der Waals surface area (Å²) in [6.07, 6.45) is 25.5. The molecule has 104 heavy (non-hydrogen) atoms. The SMILES string of the molecule is CCCCCCCCCCCCCCCC(=O)NCC(=O)N[C@@H](CCCN=C(N)N)C(=O)C[C@@H](CC(C)C)C(=O)NC.CC[C@H](C)[C@H](CC(=O)[C@H](Cc1ccccc1)NC(=O)[C@H](CCSC)CC(=O)[C@H](Cc1c[nH]c2ccccc12)NC(=O)[C@H](CCCCN)CC(=O)[C@@H](C)CCCN=C(N)N)C(N)=O. The number of guanidine groups is 2. The summed E-state index contributed by atoms with van der Waals surface area (Å²) in [6, 6.07) is 14.2. The van der Waals surface area contributed by atoms with Gasteiger partial charge in [-0.15, -0.1) is 0 Å². The van der Waals surface area contributed by atoms with Crippen molar-refractivity contribution in [2.45, 2.75) is 252 Å². The van der Waals surface area contributed by atoms with Crippen molar-refractivity contribution in [3.8, 4) is 0 Å². The fourth-order valence-electron chi connectivity index (χ4n) is 12.8. The number of primary amides is 1. The molecule has 3 rings (SSSR count). The monoisotopic (exact) mass is 1470 g/mol. The van der Waals surface area contributed by atoms with Gasteiger partial charge in [-0.1, -0.05) is 180 Å². The molecule has 0 aliphatic heterocycles. The number of thioether (sulfide) groups is 1. The van der Waals surface area contributed by atoms with E-state index in [-0.39, 0.29) is 110 Å². The third-order valence-electron chi connectivity index (χ3n) is 19.3. The second kappa shape index (κ2) is 54.9. The lowest BCUT2D eigenvalue weighted by atomic mass is 9.84. The van der Waals surface area contributed by atoms with Gasteiger partial charge < -0.3 is 66.0 Å². The smallest absolute Gasteiger partial charge is 0.239 e. The van der Waals surface area contributed by atoms with Crippen molar-refractivity contribution >= 4 is 93.2 Å². The third kappa shape index (κ3) is 40.0. The highest BCUT2D eigenvalue weighted by Crippen LogP contribution is 2.26. The Morgan fingerprint density at radius 2 is 1.06 bits per heavy atom. The Morgan fingerprint density at radius 1 is 0.529 bits per heavy atom. The predicted molar refractivity (Wildman–Crippen MR) is 421 cm³/mol. The Balaban J connectivity index is 0.000000765. The van der Waals surface area contributed by atoms with E-state index in [2.05, 4.69) is 48.5 Å². The van der Waals surface area contributed by atoms with Gasteiger partial charge in [-0.25, -0.2) is 0 Å². The molecule has 2 aromatic carbocycles. The zero-order chi connectivity index (χ0) is 77.2. The van der Waals surface area contributed by atoms with Crippen LogP contribution in [0.4, 0.5) is 0 Å². The first-order valence-electron chi connectivity index (χ1n) is 38.5. The van der Waals surface area contributed by atoms with Gasteiger partial charge in [0.1, 0.15) is 5.78 Å². The molecule has 0 unspecified atom stereocenters. The number of hydrogen-bond donors (Lipinski definition) is 12. The van der Waals surface area contributed by atoms with Crippen LogP contribution in [0.1, 0.15) is 232 Å². The Kier molecular flexibility index (Phi) is 48.8. The van der Waals surface area contributed by atoms with E-state index in [0.717, 1.165) is 41.3 Å². The number of carbonyl (C=O) groups is 10. The number of carbonyl (C=O) groups excluding carboxylic acids is 10. The van der Waals surface area contributed by atoms with Gasteiger partial charge in [0.05, 0.1) is 24.7 Å². The summed E-state index contributed by atoms with van der Waals surface area (Å²) in [5.41, 5.74) is 35.7. The number of unbranched alkanes of at least 4 members (excludes halogenated alkanes) is 13. The maximum atomic E-state index is 14.6. The lowest BCUT2D eigenvalue weighted by Crippen LogP contribution is -2.49. The van der Waals surface area contributed by atoms with Crippen LogP contribution in [-0.2, 0) is 60.8 Å². The summed E-state index contributed by atoms with van der Waals surface area (Å²) in [7, 11) is 1.55. The maximum Gasteiger partial charge on any atom is 0.239 e. The van der Waals surface area contributed by atoms with Gasteiger partial charge in [0, 0.05) is 105 Å². The minimum Gasteiger partial charge on any atom is -0.370 e. The van der Waals surface area contributed by atoms with Crippen molar-refractivity contribution in [1.29, 1.82) is 0 Å².